The maximum absolute atomic E-state index is 11.9. The van der Waals surface area contributed by atoms with Crippen molar-refractivity contribution in [3.05, 3.63) is 53.5 Å². The maximum atomic E-state index is 11.9. The number of furan rings is 1. The number of nitriles is 1. The van der Waals surface area contributed by atoms with Crippen molar-refractivity contribution in [3.8, 4) is 11.8 Å². The van der Waals surface area contributed by atoms with Gasteiger partial charge in [0.2, 0.25) is 0 Å². The number of carbonyl (C=O) groups is 2. The number of nitrogens with zero attached hydrogens (tertiary/aromatic N) is 1. The van der Waals surface area contributed by atoms with Crippen LogP contribution in [0.25, 0.3) is 0 Å². The standard InChI is InChI=1S/C16H15N3O4/c1-10-13(7-8-22-10)16(21)19-18-15(20)11(2)23-14-6-4-3-5-12(14)9-17/h3-8,11H,1-2H3,(H,18,20)(H,19,21). The lowest BCUT2D eigenvalue weighted by atomic mass is 10.2. The maximum Gasteiger partial charge on any atom is 0.279 e. The number of amides is 2. The van der Waals surface area contributed by atoms with Crippen molar-refractivity contribution < 1.29 is 18.7 Å². The summed E-state index contributed by atoms with van der Waals surface area (Å²) in [5.41, 5.74) is 5.20. The molecule has 118 valence electrons. The summed E-state index contributed by atoms with van der Waals surface area (Å²) in [5, 5.41) is 8.98. The Labute approximate surface area is 132 Å². The van der Waals surface area contributed by atoms with Gasteiger partial charge in [0.15, 0.2) is 6.10 Å². The minimum atomic E-state index is -0.893. The molecule has 1 aromatic heterocycles. The summed E-state index contributed by atoms with van der Waals surface area (Å²) in [4.78, 5) is 23.8. The fourth-order valence-corrected chi connectivity index (χ4v) is 1.81. The Morgan fingerprint density at radius 1 is 1.26 bits per heavy atom. The van der Waals surface area contributed by atoms with Crippen LogP contribution in [0.4, 0.5) is 0 Å². The SMILES string of the molecule is Cc1occc1C(=O)NNC(=O)C(C)Oc1ccccc1C#N. The Morgan fingerprint density at radius 3 is 2.65 bits per heavy atom. The molecule has 7 heteroatoms. The van der Waals surface area contributed by atoms with Crippen molar-refractivity contribution in [1.29, 1.82) is 5.26 Å². The number of benzene rings is 1. The average molecular weight is 313 g/mol. The monoisotopic (exact) mass is 313 g/mol. The molecule has 2 aromatic rings. The van der Waals surface area contributed by atoms with Crippen LogP contribution in [0, 0.1) is 18.3 Å². The van der Waals surface area contributed by atoms with Crippen LogP contribution < -0.4 is 15.6 Å². The molecule has 0 bridgehead atoms. The van der Waals surface area contributed by atoms with Gasteiger partial charge < -0.3 is 9.15 Å². The molecule has 1 aromatic carbocycles. The molecule has 0 aliphatic carbocycles. The first kappa shape index (κ1) is 16.1. The molecule has 0 aliphatic heterocycles. The summed E-state index contributed by atoms with van der Waals surface area (Å²) >= 11 is 0. The van der Waals surface area contributed by atoms with Crippen LogP contribution >= 0.6 is 0 Å². The van der Waals surface area contributed by atoms with E-state index in [1.54, 1.807) is 31.2 Å². The molecule has 2 amide bonds. The molecule has 0 radical (unpaired) electrons. The highest BCUT2D eigenvalue weighted by atomic mass is 16.5. The molecule has 7 nitrogen and oxygen atoms in total. The Balaban J connectivity index is 1.92. The molecular weight excluding hydrogens is 298 g/mol. The highest BCUT2D eigenvalue weighted by molar-refractivity contribution is 5.96. The van der Waals surface area contributed by atoms with Crippen molar-refractivity contribution in [1.82, 2.24) is 10.9 Å². The average Bonchev–Trinajstić information content (AvgIpc) is 2.98. The molecule has 1 heterocycles. The minimum absolute atomic E-state index is 0.301. The van der Waals surface area contributed by atoms with Gasteiger partial charge in [0.25, 0.3) is 11.8 Å². The quantitative estimate of drug-likeness (QED) is 0.836. The van der Waals surface area contributed by atoms with Crippen LogP contribution in [0.15, 0.2) is 41.0 Å². The third-order valence-corrected chi connectivity index (χ3v) is 3.08. The van der Waals surface area contributed by atoms with Crippen molar-refractivity contribution in [3.63, 3.8) is 0 Å². The summed E-state index contributed by atoms with van der Waals surface area (Å²) in [6.45, 7) is 3.15. The number of hydrogen-bond donors (Lipinski definition) is 2. The largest absolute Gasteiger partial charge is 0.479 e. The fourth-order valence-electron chi connectivity index (χ4n) is 1.81. The Kier molecular flexibility index (Phi) is 5.00. The smallest absolute Gasteiger partial charge is 0.279 e. The van der Waals surface area contributed by atoms with Gasteiger partial charge in [-0.3, -0.25) is 20.4 Å². The summed E-state index contributed by atoms with van der Waals surface area (Å²) in [6.07, 6.45) is 0.492. The van der Waals surface area contributed by atoms with E-state index < -0.39 is 17.9 Å². The number of carbonyl (C=O) groups excluding carboxylic acids is 2. The molecule has 0 fully saturated rings. The molecule has 0 aliphatic rings. The third kappa shape index (κ3) is 3.89. The van der Waals surface area contributed by atoms with Gasteiger partial charge in [0.1, 0.15) is 17.6 Å². The highest BCUT2D eigenvalue weighted by Gasteiger charge is 2.18. The number of nitrogens with one attached hydrogen (secondary N) is 2. The van der Waals surface area contributed by atoms with Crippen LogP contribution in [0.1, 0.15) is 28.6 Å². The van der Waals surface area contributed by atoms with E-state index >= 15 is 0 Å². The van der Waals surface area contributed by atoms with E-state index in [4.69, 9.17) is 14.4 Å². The van der Waals surface area contributed by atoms with E-state index in [9.17, 15) is 9.59 Å². The lowest BCUT2D eigenvalue weighted by molar-refractivity contribution is -0.128. The number of ether oxygens (including phenoxy) is 1. The van der Waals surface area contributed by atoms with Gasteiger partial charge in [-0.2, -0.15) is 5.26 Å². The zero-order valence-corrected chi connectivity index (χ0v) is 12.6. The van der Waals surface area contributed by atoms with Gasteiger partial charge in [-0.05, 0) is 32.0 Å². The number of hydrazine groups is 1. The second-order valence-electron chi connectivity index (χ2n) is 4.70. The minimum Gasteiger partial charge on any atom is -0.479 e. The summed E-state index contributed by atoms with van der Waals surface area (Å²) in [6, 6.07) is 10.1. The van der Waals surface area contributed by atoms with Crippen LogP contribution in [0.2, 0.25) is 0 Å². The van der Waals surface area contributed by atoms with Crippen LogP contribution in [0.3, 0.4) is 0 Å². The second kappa shape index (κ2) is 7.13. The van der Waals surface area contributed by atoms with Crippen LogP contribution in [-0.4, -0.2) is 17.9 Å². The van der Waals surface area contributed by atoms with Gasteiger partial charge >= 0.3 is 0 Å². The second-order valence-corrected chi connectivity index (χ2v) is 4.70. The molecule has 23 heavy (non-hydrogen) atoms. The van der Waals surface area contributed by atoms with Crippen molar-refractivity contribution in [2.75, 3.05) is 0 Å². The topological polar surface area (TPSA) is 104 Å². The number of para-hydroxylation sites is 1. The highest BCUT2D eigenvalue weighted by Crippen LogP contribution is 2.18. The van der Waals surface area contributed by atoms with E-state index in [1.165, 1.54) is 19.3 Å². The normalized spacial score (nSPS) is 11.2. The third-order valence-electron chi connectivity index (χ3n) is 3.08. The molecule has 2 rings (SSSR count). The predicted octanol–water partition coefficient (Wildman–Crippen LogP) is 1.69. The van der Waals surface area contributed by atoms with Crippen molar-refractivity contribution in [2.24, 2.45) is 0 Å². The van der Waals surface area contributed by atoms with Gasteiger partial charge in [0.05, 0.1) is 17.4 Å². The first-order valence-corrected chi connectivity index (χ1v) is 6.83. The summed E-state index contributed by atoms with van der Waals surface area (Å²) in [7, 11) is 0. The molecule has 1 unspecified atom stereocenters. The summed E-state index contributed by atoms with van der Waals surface area (Å²) < 4.78 is 10.5. The molecular formula is C16H15N3O4. The van der Waals surface area contributed by atoms with Gasteiger partial charge in [0, 0.05) is 0 Å². The van der Waals surface area contributed by atoms with E-state index in [0.29, 0.717) is 22.6 Å². The van der Waals surface area contributed by atoms with E-state index in [2.05, 4.69) is 10.9 Å². The zero-order valence-electron chi connectivity index (χ0n) is 12.6. The van der Waals surface area contributed by atoms with Gasteiger partial charge in [-0.25, -0.2) is 0 Å². The first-order chi connectivity index (χ1) is 11.0. The molecule has 1 atom stereocenters. The van der Waals surface area contributed by atoms with Crippen molar-refractivity contribution in [2.45, 2.75) is 20.0 Å². The Bertz CT molecular complexity index is 761. The first-order valence-electron chi connectivity index (χ1n) is 6.83. The molecule has 0 saturated carbocycles. The van der Waals surface area contributed by atoms with Gasteiger partial charge in [-0.15, -0.1) is 0 Å². The van der Waals surface area contributed by atoms with E-state index in [0.717, 1.165) is 0 Å². The van der Waals surface area contributed by atoms with E-state index in [-0.39, 0.29) is 0 Å². The Hall–Kier alpha value is -3.27. The molecule has 2 N–H and O–H groups in total. The Morgan fingerprint density at radius 2 is 2.00 bits per heavy atom. The zero-order chi connectivity index (χ0) is 16.8. The predicted molar refractivity (Wildman–Crippen MR) is 80.3 cm³/mol. The number of rotatable bonds is 4. The number of hydrogen-bond acceptors (Lipinski definition) is 5. The summed E-state index contributed by atoms with van der Waals surface area (Å²) in [5.74, 6) is -0.292. The van der Waals surface area contributed by atoms with Gasteiger partial charge in [-0.1, -0.05) is 12.1 Å². The van der Waals surface area contributed by atoms with Crippen molar-refractivity contribution >= 4 is 11.8 Å². The van der Waals surface area contributed by atoms with E-state index in [1.807, 2.05) is 6.07 Å². The lowest BCUT2D eigenvalue weighted by Gasteiger charge is -2.15. The molecule has 0 saturated heterocycles. The molecule has 0 spiro atoms. The fraction of sp³-hybridized carbons (Fsp3) is 0.188. The lowest BCUT2D eigenvalue weighted by Crippen LogP contribution is -2.47. The van der Waals surface area contributed by atoms with Crippen LogP contribution in [0.5, 0.6) is 5.75 Å². The van der Waals surface area contributed by atoms with Crippen LogP contribution in [-0.2, 0) is 4.79 Å². The number of aryl methyl sites for hydroxylation is 1.